The van der Waals surface area contributed by atoms with Crippen molar-refractivity contribution in [2.24, 2.45) is 5.92 Å². The van der Waals surface area contributed by atoms with Crippen molar-refractivity contribution in [3.05, 3.63) is 64.3 Å². The molecule has 9 heteroatoms. The molecule has 0 bridgehead atoms. The molecule has 1 fully saturated rings. The van der Waals surface area contributed by atoms with E-state index in [9.17, 15) is 5.11 Å². The Bertz CT molecular complexity index is 1270. The summed E-state index contributed by atoms with van der Waals surface area (Å²) < 4.78 is 2.11. The number of halogens is 2. The van der Waals surface area contributed by atoms with Gasteiger partial charge in [0.05, 0.1) is 21.8 Å². The van der Waals surface area contributed by atoms with E-state index in [1.165, 1.54) is 0 Å². The number of piperidine rings is 1. The first-order valence-electron chi connectivity index (χ1n) is 11.0. The first-order valence-corrected chi connectivity index (χ1v) is 11.7. The maximum absolute atomic E-state index is 9.70. The number of hydrogen-bond acceptors (Lipinski definition) is 6. The molecule has 33 heavy (non-hydrogen) atoms. The molecule has 1 aliphatic heterocycles. The summed E-state index contributed by atoms with van der Waals surface area (Å²) in [6.45, 7) is 3.24. The van der Waals surface area contributed by atoms with Crippen LogP contribution in [0.5, 0.6) is 5.75 Å². The van der Waals surface area contributed by atoms with Gasteiger partial charge < -0.3 is 20.3 Å². The predicted octanol–water partition coefficient (Wildman–Crippen LogP) is 5.12. The minimum atomic E-state index is 0.228. The van der Waals surface area contributed by atoms with Crippen LogP contribution in [0.1, 0.15) is 18.4 Å². The maximum Gasteiger partial charge on any atom is 0.225 e. The van der Waals surface area contributed by atoms with E-state index >= 15 is 0 Å². The van der Waals surface area contributed by atoms with Gasteiger partial charge in [-0.05, 0) is 61.7 Å². The molecule has 7 nitrogen and oxygen atoms in total. The van der Waals surface area contributed by atoms with Crippen LogP contribution in [0.3, 0.4) is 0 Å². The van der Waals surface area contributed by atoms with Gasteiger partial charge in [-0.25, -0.2) is 9.97 Å². The topological polar surface area (TPSA) is 87.9 Å². The zero-order chi connectivity index (χ0) is 22.8. The Hall–Kier alpha value is -2.87. The second-order valence-electron chi connectivity index (χ2n) is 8.28. The summed E-state index contributed by atoms with van der Waals surface area (Å²) in [7, 11) is 0. The minimum Gasteiger partial charge on any atom is -0.508 e. The number of imidazole rings is 1. The summed E-state index contributed by atoms with van der Waals surface area (Å²) in [5.74, 6) is 1.87. The third-order valence-corrected chi connectivity index (χ3v) is 6.50. The average molecular weight is 483 g/mol. The molecular weight excluding hydrogens is 459 g/mol. The molecule has 0 aliphatic carbocycles. The highest BCUT2D eigenvalue weighted by Crippen LogP contribution is 2.36. The lowest BCUT2D eigenvalue weighted by Gasteiger charge is -2.24. The molecule has 2 aromatic heterocycles. The Labute approximate surface area is 201 Å². The molecule has 0 amide bonds. The Balaban J connectivity index is 1.54. The van der Waals surface area contributed by atoms with E-state index < -0.39 is 0 Å². The highest BCUT2D eigenvalue weighted by atomic mass is 35.5. The van der Waals surface area contributed by atoms with Crippen LogP contribution in [0.15, 0.2) is 48.7 Å². The third kappa shape index (κ3) is 4.76. The van der Waals surface area contributed by atoms with Crippen molar-refractivity contribution in [2.75, 3.05) is 18.4 Å². The third-order valence-electron chi connectivity index (χ3n) is 5.87. The summed E-state index contributed by atoms with van der Waals surface area (Å²) in [5, 5.41) is 17.5. The number of benzene rings is 2. The number of aromatic hydroxyl groups is 1. The fraction of sp³-hybridized carbons (Fsp3) is 0.292. The smallest absolute Gasteiger partial charge is 0.225 e. The van der Waals surface area contributed by atoms with Crippen molar-refractivity contribution in [1.82, 2.24) is 24.8 Å². The number of nitrogens with zero attached hydrogens (tertiary/aromatic N) is 4. The van der Waals surface area contributed by atoms with Crippen LogP contribution in [0.2, 0.25) is 10.0 Å². The van der Waals surface area contributed by atoms with Crippen molar-refractivity contribution in [3.63, 3.8) is 0 Å². The zero-order valence-electron chi connectivity index (χ0n) is 17.9. The SMILES string of the molecule is Oc1cccc(CNc2ncc3nc(-c4c(Cl)cccc4Cl)n(CC4CCCNC4)c3n2)c1. The first kappa shape index (κ1) is 21.9. The monoisotopic (exact) mass is 482 g/mol. The molecular formula is C24H24Cl2N6O. The molecule has 0 spiro atoms. The fourth-order valence-electron chi connectivity index (χ4n) is 4.26. The molecule has 1 saturated heterocycles. The van der Waals surface area contributed by atoms with Gasteiger partial charge >= 0.3 is 0 Å². The lowest BCUT2D eigenvalue weighted by molar-refractivity contribution is 0.341. The number of rotatable bonds is 6. The summed E-state index contributed by atoms with van der Waals surface area (Å²) in [6.07, 6.45) is 4.00. The second-order valence-corrected chi connectivity index (χ2v) is 9.10. The Morgan fingerprint density at radius 3 is 2.70 bits per heavy atom. The van der Waals surface area contributed by atoms with E-state index in [0.29, 0.717) is 45.4 Å². The Kier molecular flexibility index (Phi) is 6.35. The van der Waals surface area contributed by atoms with E-state index in [4.69, 9.17) is 33.2 Å². The molecule has 170 valence electrons. The van der Waals surface area contributed by atoms with Crippen molar-refractivity contribution >= 4 is 40.3 Å². The average Bonchev–Trinajstić information content (AvgIpc) is 3.15. The zero-order valence-corrected chi connectivity index (χ0v) is 19.4. The number of hydrogen-bond donors (Lipinski definition) is 3. The van der Waals surface area contributed by atoms with E-state index in [0.717, 1.165) is 43.7 Å². The number of phenolic OH excluding ortho intramolecular Hbond substituents is 1. The van der Waals surface area contributed by atoms with Crippen molar-refractivity contribution in [3.8, 4) is 17.1 Å². The van der Waals surface area contributed by atoms with Gasteiger partial charge in [0.15, 0.2) is 5.65 Å². The van der Waals surface area contributed by atoms with Gasteiger partial charge in [-0.3, -0.25) is 0 Å². The van der Waals surface area contributed by atoms with Gasteiger partial charge in [-0.15, -0.1) is 0 Å². The normalized spacial score (nSPS) is 16.2. The predicted molar refractivity (Wildman–Crippen MR) is 132 cm³/mol. The van der Waals surface area contributed by atoms with Gasteiger partial charge in [0.2, 0.25) is 5.95 Å². The Morgan fingerprint density at radius 2 is 1.94 bits per heavy atom. The van der Waals surface area contributed by atoms with Crippen LogP contribution in [-0.4, -0.2) is 37.7 Å². The number of anilines is 1. The molecule has 3 N–H and O–H groups in total. The molecule has 2 aromatic carbocycles. The summed E-state index contributed by atoms with van der Waals surface area (Å²) >= 11 is 13.1. The highest BCUT2D eigenvalue weighted by molar-refractivity contribution is 6.39. The standard InChI is InChI=1S/C24H24Cl2N6O/c25-18-7-2-8-19(26)21(18)23-30-20-13-29-24(28-12-15-4-1-6-17(33)10-15)31-22(20)32(23)14-16-5-3-9-27-11-16/h1-2,4,6-8,10,13,16,27,33H,3,5,9,11-12,14H2,(H,28,29,31). The van der Waals surface area contributed by atoms with Gasteiger partial charge in [0.1, 0.15) is 17.1 Å². The number of aromatic nitrogens is 4. The Morgan fingerprint density at radius 1 is 1.12 bits per heavy atom. The summed E-state index contributed by atoms with van der Waals surface area (Å²) in [6, 6.07) is 12.6. The molecule has 0 saturated carbocycles. The quantitative estimate of drug-likeness (QED) is 0.353. The largest absolute Gasteiger partial charge is 0.508 e. The fourth-order valence-corrected chi connectivity index (χ4v) is 4.83. The lowest BCUT2D eigenvalue weighted by atomic mass is 9.99. The van der Waals surface area contributed by atoms with Crippen LogP contribution in [-0.2, 0) is 13.1 Å². The van der Waals surface area contributed by atoms with Gasteiger partial charge in [0, 0.05) is 13.1 Å². The van der Waals surface area contributed by atoms with Crippen LogP contribution in [0, 0.1) is 5.92 Å². The van der Waals surface area contributed by atoms with E-state index in [-0.39, 0.29) is 5.75 Å². The number of phenols is 1. The van der Waals surface area contributed by atoms with Crippen molar-refractivity contribution < 1.29 is 5.11 Å². The molecule has 1 atom stereocenters. The number of fused-ring (bicyclic) bond motifs is 1. The van der Waals surface area contributed by atoms with E-state index in [1.807, 2.05) is 30.3 Å². The molecule has 3 heterocycles. The molecule has 1 aliphatic rings. The molecule has 1 unspecified atom stereocenters. The second kappa shape index (κ2) is 9.55. The van der Waals surface area contributed by atoms with Crippen molar-refractivity contribution in [1.29, 1.82) is 0 Å². The van der Waals surface area contributed by atoms with Gasteiger partial charge in [0.25, 0.3) is 0 Å². The lowest BCUT2D eigenvalue weighted by Crippen LogP contribution is -2.32. The maximum atomic E-state index is 9.70. The van der Waals surface area contributed by atoms with Gasteiger partial charge in [-0.2, -0.15) is 4.98 Å². The van der Waals surface area contributed by atoms with Crippen LogP contribution >= 0.6 is 23.2 Å². The van der Waals surface area contributed by atoms with Crippen LogP contribution < -0.4 is 10.6 Å². The minimum absolute atomic E-state index is 0.228. The van der Waals surface area contributed by atoms with E-state index in [2.05, 4.69) is 20.2 Å². The van der Waals surface area contributed by atoms with Crippen molar-refractivity contribution in [2.45, 2.75) is 25.9 Å². The first-order chi connectivity index (χ1) is 16.1. The van der Waals surface area contributed by atoms with Gasteiger partial charge in [-0.1, -0.05) is 41.4 Å². The molecule has 4 aromatic rings. The summed E-state index contributed by atoms with van der Waals surface area (Å²) in [5.41, 5.74) is 3.06. The molecule has 0 radical (unpaired) electrons. The van der Waals surface area contributed by atoms with E-state index in [1.54, 1.807) is 18.3 Å². The van der Waals surface area contributed by atoms with Crippen LogP contribution in [0.4, 0.5) is 5.95 Å². The molecule has 5 rings (SSSR count). The number of nitrogens with one attached hydrogen (secondary N) is 2. The van der Waals surface area contributed by atoms with Crippen LogP contribution in [0.25, 0.3) is 22.6 Å². The highest BCUT2D eigenvalue weighted by Gasteiger charge is 2.23. The summed E-state index contributed by atoms with van der Waals surface area (Å²) in [4.78, 5) is 14.1.